The van der Waals surface area contributed by atoms with Gasteiger partial charge in [0.15, 0.2) is 17.5 Å². The first kappa shape index (κ1) is 15.1. The third kappa shape index (κ3) is 3.71. The first-order chi connectivity index (χ1) is 11.3. The van der Waals surface area contributed by atoms with E-state index in [-0.39, 0.29) is 12.6 Å². The minimum absolute atomic E-state index is 0.230. The predicted molar refractivity (Wildman–Crippen MR) is 86.0 cm³/mol. The Morgan fingerprint density at radius 3 is 2.70 bits per heavy atom. The third-order valence-corrected chi connectivity index (χ3v) is 3.52. The van der Waals surface area contributed by atoms with E-state index in [1.807, 2.05) is 24.3 Å². The molecule has 0 spiro atoms. The lowest BCUT2D eigenvalue weighted by Crippen LogP contribution is -2.36. The van der Waals surface area contributed by atoms with Gasteiger partial charge in [-0.2, -0.15) is 0 Å². The molecule has 0 radical (unpaired) electrons. The van der Waals surface area contributed by atoms with Crippen molar-refractivity contribution in [2.45, 2.75) is 13.1 Å². The molecule has 0 amide bonds. The summed E-state index contributed by atoms with van der Waals surface area (Å²) in [5.74, 6) is 1.88. The maximum atomic E-state index is 13.6. The number of ether oxygens (including phenoxy) is 2. The van der Waals surface area contributed by atoms with Crippen molar-refractivity contribution in [2.24, 2.45) is 4.99 Å². The quantitative estimate of drug-likeness (QED) is 0.672. The van der Waals surface area contributed by atoms with Crippen LogP contribution in [0.4, 0.5) is 4.39 Å². The molecular weight excluding hydrogens is 297 g/mol. The standard InChI is InChI=1S/C17H18FN3O2/c1-19-17(21-10-13-4-2-3-5-14(13)18)20-9-12-6-7-15-16(8-12)23-11-22-15/h2-8H,9-11H2,1H3,(H2,19,20,21). The molecule has 0 fully saturated rings. The summed E-state index contributed by atoms with van der Waals surface area (Å²) in [6, 6.07) is 12.4. The lowest BCUT2D eigenvalue weighted by molar-refractivity contribution is 0.174. The average Bonchev–Trinajstić information content (AvgIpc) is 3.04. The molecule has 120 valence electrons. The van der Waals surface area contributed by atoms with Crippen LogP contribution in [-0.2, 0) is 13.1 Å². The van der Waals surface area contributed by atoms with Gasteiger partial charge >= 0.3 is 0 Å². The van der Waals surface area contributed by atoms with Gasteiger partial charge in [0.2, 0.25) is 6.79 Å². The maximum Gasteiger partial charge on any atom is 0.231 e. The Labute approximate surface area is 134 Å². The number of fused-ring (bicyclic) bond motifs is 1. The number of halogens is 1. The molecule has 23 heavy (non-hydrogen) atoms. The van der Waals surface area contributed by atoms with E-state index >= 15 is 0 Å². The Bertz CT molecular complexity index is 719. The number of nitrogens with one attached hydrogen (secondary N) is 2. The molecule has 0 aliphatic carbocycles. The lowest BCUT2D eigenvalue weighted by atomic mass is 10.2. The summed E-state index contributed by atoms with van der Waals surface area (Å²) in [7, 11) is 1.68. The van der Waals surface area contributed by atoms with Crippen LogP contribution in [0.15, 0.2) is 47.5 Å². The van der Waals surface area contributed by atoms with Crippen LogP contribution in [0.25, 0.3) is 0 Å². The van der Waals surface area contributed by atoms with Crippen molar-refractivity contribution in [1.29, 1.82) is 0 Å². The van der Waals surface area contributed by atoms with E-state index in [9.17, 15) is 4.39 Å². The normalized spacial score (nSPS) is 13.0. The molecule has 0 saturated heterocycles. The van der Waals surface area contributed by atoms with Gasteiger partial charge in [0, 0.05) is 25.7 Å². The highest BCUT2D eigenvalue weighted by Gasteiger charge is 2.13. The molecule has 0 aromatic heterocycles. The van der Waals surface area contributed by atoms with Gasteiger partial charge < -0.3 is 20.1 Å². The Hall–Kier alpha value is -2.76. The Morgan fingerprint density at radius 1 is 1.09 bits per heavy atom. The van der Waals surface area contributed by atoms with E-state index in [0.29, 0.717) is 24.6 Å². The van der Waals surface area contributed by atoms with E-state index < -0.39 is 0 Å². The maximum absolute atomic E-state index is 13.6. The Morgan fingerprint density at radius 2 is 1.87 bits per heavy atom. The molecule has 2 aromatic rings. The van der Waals surface area contributed by atoms with Gasteiger partial charge in [-0.15, -0.1) is 0 Å². The second kappa shape index (κ2) is 7.00. The summed E-state index contributed by atoms with van der Waals surface area (Å²) in [6.45, 7) is 1.21. The largest absolute Gasteiger partial charge is 0.454 e. The summed E-state index contributed by atoms with van der Waals surface area (Å²) in [6.07, 6.45) is 0. The number of benzene rings is 2. The number of hydrogen-bond acceptors (Lipinski definition) is 3. The molecular formula is C17H18FN3O2. The topological polar surface area (TPSA) is 54.9 Å². The van der Waals surface area contributed by atoms with E-state index in [1.54, 1.807) is 19.2 Å². The second-order valence-corrected chi connectivity index (χ2v) is 5.06. The van der Waals surface area contributed by atoms with Gasteiger partial charge in [-0.3, -0.25) is 4.99 Å². The van der Waals surface area contributed by atoms with Crippen LogP contribution in [0.2, 0.25) is 0 Å². The number of guanidine groups is 1. The fraction of sp³-hybridized carbons (Fsp3) is 0.235. The summed E-state index contributed by atoms with van der Waals surface area (Å²) in [5.41, 5.74) is 1.64. The van der Waals surface area contributed by atoms with Gasteiger partial charge in [-0.1, -0.05) is 24.3 Å². The Kier molecular flexibility index (Phi) is 4.61. The van der Waals surface area contributed by atoms with Crippen molar-refractivity contribution in [3.8, 4) is 11.5 Å². The van der Waals surface area contributed by atoms with Crippen molar-refractivity contribution in [1.82, 2.24) is 10.6 Å². The summed E-state index contributed by atoms with van der Waals surface area (Å²) >= 11 is 0. The van der Waals surface area contributed by atoms with E-state index in [4.69, 9.17) is 9.47 Å². The fourth-order valence-corrected chi connectivity index (χ4v) is 2.28. The molecule has 1 heterocycles. The van der Waals surface area contributed by atoms with E-state index in [0.717, 1.165) is 17.1 Å². The van der Waals surface area contributed by atoms with Gasteiger partial charge in [0.05, 0.1) is 0 Å². The van der Waals surface area contributed by atoms with Crippen molar-refractivity contribution < 1.29 is 13.9 Å². The van der Waals surface area contributed by atoms with Crippen LogP contribution in [0, 0.1) is 5.82 Å². The van der Waals surface area contributed by atoms with Gasteiger partial charge in [0.25, 0.3) is 0 Å². The van der Waals surface area contributed by atoms with Crippen LogP contribution in [-0.4, -0.2) is 19.8 Å². The van der Waals surface area contributed by atoms with Crippen molar-refractivity contribution in [2.75, 3.05) is 13.8 Å². The number of rotatable bonds is 4. The van der Waals surface area contributed by atoms with Crippen LogP contribution in [0.3, 0.4) is 0 Å². The van der Waals surface area contributed by atoms with E-state index in [1.165, 1.54) is 6.07 Å². The second-order valence-electron chi connectivity index (χ2n) is 5.06. The van der Waals surface area contributed by atoms with Crippen LogP contribution in [0.1, 0.15) is 11.1 Å². The summed E-state index contributed by atoms with van der Waals surface area (Å²) in [4.78, 5) is 4.14. The summed E-state index contributed by atoms with van der Waals surface area (Å²) in [5, 5.41) is 6.28. The average molecular weight is 315 g/mol. The lowest BCUT2D eigenvalue weighted by Gasteiger charge is -2.12. The van der Waals surface area contributed by atoms with Crippen molar-refractivity contribution in [3.05, 3.63) is 59.4 Å². The zero-order valence-corrected chi connectivity index (χ0v) is 12.8. The smallest absolute Gasteiger partial charge is 0.231 e. The first-order valence-electron chi connectivity index (χ1n) is 7.32. The van der Waals surface area contributed by atoms with Crippen molar-refractivity contribution in [3.63, 3.8) is 0 Å². The zero-order chi connectivity index (χ0) is 16.1. The monoisotopic (exact) mass is 315 g/mol. The molecule has 2 aromatic carbocycles. The predicted octanol–water partition coefficient (Wildman–Crippen LogP) is 2.42. The molecule has 5 nitrogen and oxygen atoms in total. The SMILES string of the molecule is CN=C(NCc1ccc2c(c1)OCO2)NCc1ccccc1F. The first-order valence-corrected chi connectivity index (χ1v) is 7.32. The van der Waals surface area contributed by atoms with Crippen LogP contribution >= 0.6 is 0 Å². The third-order valence-electron chi connectivity index (χ3n) is 3.52. The van der Waals surface area contributed by atoms with Gasteiger partial charge in [-0.25, -0.2) is 4.39 Å². The highest BCUT2D eigenvalue weighted by Crippen LogP contribution is 2.32. The zero-order valence-electron chi connectivity index (χ0n) is 12.8. The van der Waals surface area contributed by atoms with Crippen LogP contribution < -0.4 is 20.1 Å². The number of hydrogen-bond donors (Lipinski definition) is 2. The van der Waals surface area contributed by atoms with Crippen LogP contribution in [0.5, 0.6) is 11.5 Å². The number of nitrogens with zero attached hydrogens (tertiary/aromatic N) is 1. The Balaban J connectivity index is 1.55. The molecule has 0 bridgehead atoms. The molecule has 0 saturated carbocycles. The summed E-state index contributed by atoms with van der Waals surface area (Å²) < 4.78 is 24.2. The molecule has 2 N–H and O–H groups in total. The minimum Gasteiger partial charge on any atom is -0.454 e. The number of aliphatic imine (C=N–C) groups is 1. The minimum atomic E-state index is -0.230. The molecule has 1 aliphatic rings. The molecule has 0 atom stereocenters. The fourth-order valence-electron chi connectivity index (χ4n) is 2.28. The molecule has 0 unspecified atom stereocenters. The molecule has 6 heteroatoms. The van der Waals surface area contributed by atoms with E-state index in [2.05, 4.69) is 15.6 Å². The molecule has 1 aliphatic heterocycles. The van der Waals surface area contributed by atoms with Gasteiger partial charge in [-0.05, 0) is 23.8 Å². The van der Waals surface area contributed by atoms with Gasteiger partial charge in [0.1, 0.15) is 5.82 Å². The highest BCUT2D eigenvalue weighted by atomic mass is 19.1. The van der Waals surface area contributed by atoms with Crippen molar-refractivity contribution >= 4 is 5.96 Å². The molecule has 3 rings (SSSR count). The highest BCUT2D eigenvalue weighted by molar-refractivity contribution is 5.79.